The number of hydrogen-bond donors (Lipinski definition) is 2. The van der Waals surface area contributed by atoms with E-state index in [0.29, 0.717) is 30.3 Å². The van der Waals surface area contributed by atoms with E-state index >= 15 is 0 Å². The number of unbranched alkanes of at least 4 members (excludes halogenated alkanes) is 1. The molecular weight excluding hydrogens is 368 g/mol. The molecule has 2 N–H and O–H groups in total. The van der Waals surface area contributed by atoms with Crippen LogP contribution >= 0.6 is 0 Å². The molecule has 0 spiro atoms. The zero-order valence-electron chi connectivity index (χ0n) is 15.4. The summed E-state index contributed by atoms with van der Waals surface area (Å²) in [6.45, 7) is 5.02. The zero-order valence-corrected chi connectivity index (χ0v) is 16.2. The standard InChI is InChI=1S/C19H24N2O5S/c1-3-5-14-26-17-8-6-15(7-9-17)19(22)20-21-27(23,24)18-12-10-16(11-13-18)25-4-2/h6-13,21H,3-5,14H2,1-2H3,(H,20,22). The van der Waals surface area contributed by atoms with Gasteiger partial charge in [-0.15, -0.1) is 4.83 Å². The van der Waals surface area contributed by atoms with Crippen molar-refractivity contribution in [2.24, 2.45) is 0 Å². The molecule has 146 valence electrons. The molecule has 0 aliphatic rings. The Labute approximate surface area is 159 Å². The Hall–Kier alpha value is -2.58. The van der Waals surface area contributed by atoms with Crippen molar-refractivity contribution < 1.29 is 22.7 Å². The summed E-state index contributed by atoms with van der Waals surface area (Å²) in [4.78, 5) is 14.2. The highest BCUT2D eigenvalue weighted by Gasteiger charge is 2.16. The predicted octanol–water partition coefficient (Wildman–Crippen LogP) is 2.89. The van der Waals surface area contributed by atoms with E-state index in [9.17, 15) is 13.2 Å². The normalized spacial score (nSPS) is 11.0. The van der Waals surface area contributed by atoms with Gasteiger partial charge in [-0.2, -0.15) is 0 Å². The lowest BCUT2D eigenvalue weighted by molar-refractivity contribution is 0.0945. The van der Waals surface area contributed by atoms with Crippen molar-refractivity contribution in [2.75, 3.05) is 13.2 Å². The Morgan fingerprint density at radius 1 is 0.926 bits per heavy atom. The molecule has 2 aromatic carbocycles. The van der Waals surface area contributed by atoms with Crippen molar-refractivity contribution in [1.29, 1.82) is 0 Å². The highest BCUT2D eigenvalue weighted by Crippen LogP contribution is 2.16. The molecule has 0 heterocycles. The first kappa shape index (κ1) is 20.7. The monoisotopic (exact) mass is 392 g/mol. The molecule has 7 nitrogen and oxygen atoms in total. The Morgan fingerprint density at radius 3 is 2.11 bits per heavy atom. The van der Waals surface area contributed by atoms with Crippen LogP contribution in [0, 0.1) is 0 Å². The van der Waals surface area contributed by atoms with Crippen molar-refractivity contribution in [1.82, 2.24) is 10.3 Å². The fourth-order valence-electron chi connectivity index (χ4n) is 2.16. The van der Waals surface area contributed by atoms with Gasteiger partial charge in [0.05, 0.1) is 18.1 Å². The van der Waals surface area contributed by atoms with Gasteiger partial charge in [-0.1, -0.05) is 13.3 Å². The molecule has 0 bridgehead atoms. The lowest BCUT2D eigenvalue weighted by Gasteiger charge is -2.10. The fourth-order valence-corrected chi connectivity index (χ4v) is 3.00. The predicted molar refractivity (Wildman–Crippen MR) is 102 cm³/mol. The molecule has 0 radical (unpaired) electrons. The molecular formula is C19H24N2O5S. The van der Waals surface area contributed by atoms with E-state index in [0.717, 1.165) is 12.8 Å². The third kappa shape index (κ3) is 6.26. The largest absolute Gasteiger partial charge is 0.494 e. The van der Waals surface area contributed by atoms with Gasteiger partial charge >= 0.3 is 0 Å². The second-order valence-corrected chi connectivity index (χ2v) is 7.37. The number of ether oxygens (including phenoxy) is 2. The lowest BCUT2D eigenvalue weighted by atomic mass is 10.2. The summed E-state index contributed by atoms with van der Waals surface area (Å²) >= 11 is 0. The van der Waals surface area contributed by atoms with Crippen LogP contribution in [0.15, 0.2) is 53.4 Å². The van der Waals surface area contributed by atoms with Crippen LogP contribution in [0.3, 0.4) is 0 Å². The van der Waals surface area contributed by atoms with E-state index in [2.05, 4.69) is 17.2 Å². The first-order valence-electron chi connectivity index (χ1n) is 8.74. The molecule has 27 heavy (non-hydrogen) atoms. The minimum atomic E-state index is -3.88. The van der Waals surface area contributed by atoms with Crippen LogP contribution in [0.2, 0.25) is 0 Å². The van der Waals surface area contributed by atoms with Gasteiger partial charge in [-0.05, 0) is 61.9 Å². The summed E-state index contributed by atoms with van der Waals surface area (Å²) in [6, 6.07) is 12.4. The molecule has 0 aliphatic carbocycles. The number of nitrogens with one attached hydrogen (secondary N) is 2. The number of carbonyl (C=O) groups excluding carboxylic acids is 1. The maximum absolute atomic E-state index is 12.3. The van der Waals surface area contributed by atoms with Crippen molar-refractivity contribution in [3.8, 4) is 11.5 Å². The summed E-state index contributed by atoms with van der Waals surface area (Å²) in [6.07, 6.45) is 1.99. The Kier molecular flexibility index (Phi) is 7.63. The molecule has 0 unspecified atom stereocenters. The molecule has 0 fully saturated rings. The van der Waals surface area contributed by atoms with Crippen LogP contribution in [0.1, 0.15) is 37.0 Å². The van der Waals surface area contributed by atoms with E-state index in [-0.39, 0.29) is 4.90 Å². The number of hydrogen-bond acceptors (Lipinski definition) is 5. The third-order valence-electron chi connectivity index (χ3n) is 3.63. The van der Waals surface area contributed by atoms with Crippen LogP contribution in [-0.4, -0.2) is 27.5 Å². The summed E-state index contributed by atoms with van der Waals surface area (Å²) < 4.78 is 35.3. The smallest absolute Gasteiger partial charge is 0.266 e. The van der Waals surface area contributed by atoms with Crippen LogP contribution < -0.4 is 19.7 Å². The van der Waals surface area contributed by atoms with E-state index in [1.807, 2.05) is 6.92 Å². The first-order valence-corrected chi connectivity index (χ1v) is 10.2. The number of sulfonamides is 1. The van der Waals surface area contributed by atoms with Crippen LogP contribution in [0.4, 0.5) is 0 Å². The topological polar surface area (TPSA) is 93.7 Å². The summed E-state index contributed by atoms with van der Waals surface area (Å²) in [5.74, 6) is 0.668. The van der Waals surface area contributed by atoms with Crippen LogP contribution in [0.25, 0.3) is 0 Å². The van der Waals surface area contributed by atoms with Gasteiger partial charge < -0.3 is 9.47 Å². The zero-order chi connectivity index (χ0) is 19.7. The number of hydrazine groups is 1. The highest BCUT2D eigenvalue weighted by atomic mass is 32.2. The van der Waals surface area contributed by atoms with E-state index in [1.54, 1.807) is 36.4 Å². The number of rotatable bonds is 10. The Morgan fingerprint density at radius 2 is 1.52 bits per heavy atom. The molecule has 2 rings (SSSR count). The van der Waals surface area contributed by atoms with E-state index < -0.39 is 15.9 Å². The van der Waals surface area contributed by atoms with Gasteiger partial charge in [-0.25, -0.2) is 8.42 Å². The van der Waals surface area contributed by atoms with Crippen molar-refractivity contribution in [2.45, 2.75) is 31.6 Å². The van der Waals surface area contributed by atoms with Gasteiger partial charge in [0.25, 0.3) is 15.9 Å². The quantitative estimate of drug-likeness (QED) is 0.479. The van der Waals surface area contributed by atoms with E-state index in [1.165, 1.54) is 12.1 Å². The van der Waals surface area contributed by atoms with Crippen molar-refractivity contribution >= 4 is 15.9 Å². The SMILES string of the molecule is CCCCOc1ccc(C(=O)NNS(=O)(=O)c2ccc(OCC)cc2)cc1. The highest BCUT2D eigenvalue weighted by molar-refractivity contribution is 7.89. The molecule has 0 aliphatic heterocycles. The maximum atomic E-state index is 12.3. The van der Waals surface area contributed by atoms with E-state index in [4.69, 9.17) is 9.47 Å². The fraction of sp³-hybridized carbons (Fsp3) is 0.316. The maximum Gasteiger partial charge on any atom is 0.266 e. The van der Waals surface area contributed by atoms with Crippen molar-refractivity contribution in [3.05, 3.63) is 54.1 Å². The van der Waals surface area contributed by atoms with Gasteiger partial charge in [-0.3, -0.25) is 10.2 Å². The average molecular weight is 392 g/mol. The number of carbonyl (C=O) groups is 1. The second-order valence-electron chi connectivity index (χ2n) is 5.69. The van der Waals surface area contributed by atoms with Crippen LogP contribution in [-0.2, 0) is 10.0 Å². The van der Waals surface area contributed by atoms with Gasteiger partial charge in [0, 0.05) is 5.56 Å². The minimum Gasteiger partial charge on any atom is -0.494 e. The van der Waals surface area contributed by atoms with Gasteiger partial charge in [0.2, 0.25) is 0 Å². The lowest BCUT2D eigenvalue weighted by Crippen LogP contribution is -2.41. The third-order valence-corrected chi connectivity index (χ3v) is 4.89. The molecule has 0 saturated carbocycles. The molecule has 0 atom stereocenters. The summed E-state index contributed by atoms with van der Waals surface area (Å²) in [5, 5.41) is 0. The summed E-state index contributed by atoms with van der Waals surface area (Å²) in [5.41, 5.74) is 2.51. The molecule has 0 saturated heterocycles. The Balaban J connectivity index is 1.93. The first-order chi connectivity index (χ1) is 13.0. The second kappa shape index (κ2) is 9.94. The van der Waals surface area contributed by atoms with Gasteiger partial charge in [0.15, 0.2) is 0 Å². The number of amides is 1. The molecule has 8 heteroatoms. The number of benzene rings is 2. The molecule has 2 aromatic rings. The van der Waals surface area contributed by atoms with Gasteiger partial charge in [0.1, 0.15) is 11.5 Å². The summed E-state index contributed by atoms with van der Waals surface area (Å²) in [7, 11) is -3.88. The molecule has 0 aromatic heterocycles. The Bertz CT molecular complexity index is 833. The van der Waals surface area contributed by atoms with Crippen molar-refractivity contribution in [3.63, 3.8) is 0 Å². The minimum absolute atomic E-state index is 0.0194. The average Bonchev–Trinajstić information content (AvgIpc) is 2.68. The molecule has 1 amide bonds. The van der Waals surface area contributed by atoms with Crippen LogP contribution in [0.5, 0.6) is 11.5 Å².